The van der Waals surface area contributed by atoms with Gasteiger partial charge in [-0.05, 0) is 46.5 Å². The highest BCUT2D eigenvalue weighted by Crippen LogP contribution is 2.31. The van der Waals surface area contributed by atoms with Gasteiger partial charge in [0.2, 0.25) is 0 Å². The molecule has 1 aliphatic carbocycles. The van der Waals surface area contributed by atoms with Gasteiger partial charge in [0.1, 0.15) is 0 Å². The van der Waals surface area contributed by atoms with Crippen LogP contribution in [-0.2, 0) is 6.54 Å². The number of hydrogen-bond donors (Lipinski definition) is 0. The maximum Gasteiger partial charge on any atom is 0.284 e. The average Bonchev–Trinajstić information content (AvgIpc) is 3.38. The summed E-state index contributed by atoms with van der Waals surface area (Å²) in [7, 11) is 0. The largest absolute Gasteiger partial charge is 0.331 e. The molecule has 0 spiro atoms. The van der Waals surface area contributed by atoms with Gasteiger partial charge in [0.05, 0.1) is 9.40 Å². The van der Waals surface area contributed by atoms with Crippen LogP contribution < -0.4 is 0 Å². The molecule has 3 rings (SSSR count). The van der Waals surface area contributed by atoms with E-state index in [2.05, 4.69) is 15.9 Å². The fourth-order valence-electron chi connectivity index (χ4n) is 2.48. The number of carbonyl (C=O) groups is 1. The molecule has 23 heavy (non-hydrogen) atoms. The molecule has 118 valence electrons. The molecule has 0 saturated heterocycles. The Morgan fingerprint density at radius 3 is 2.52 bits per heavy atom. The lowest BCUT2D eigenvalue weighted by atomic mass is 10.1. The standard InChI is InChI=1S/C17H15BrN2O3/c18-15-9-6-13(10-16(15)20(22)23)17(21)19(14-7-8-14)11-12-4-2-1-3-5-12/h1-6,9-10,14H,7-8,11H2. The molecule has 0 bridgehead atoms. The smallest absolute Gasteiger partial charge is 0.284 e. The van der Waals surface area contributed by atoms with Crippen LogP contribution in [0.5, 0.6) is 0 Å². The molecule has 0 N–H and O–H groups in total. The van der Waals surface area contributed by atoms with Gasteiger partial charge in [0, 0.05) is 24.2 Å². The van der Waals surface area contributed by atoms with E-state index in [-0.39, 0.29) is 17.6 Å². The number of nitro groups is 1. The molecule has 2 aromatic carbocycles. The van der Waals surface area contributed by atoms with Gasteiger partial charge in [-0.25, -0.2) is 0 Å². The van der Waals surface area contributed by atoms with Crippen molar-refractivity contribution in [3.63, 3.8) is 0 Å². The van der Waals surface area contributed by atoms with Crippen molar-refractivity contribution in [1.82, 2.24) is 4.90 Å². The number of carbonyl (C=O) groups excluding carboxylic acids is 1. The Balaban J connectivity index is 1.87. The number of benzene rings is 2. The molecule has 5 nitrogen and oxygen atoms in total. The van der Waals surface area contributed by atoms with E-state index in [9.17, 15) is 14.9 Å². The van der Waals surface area contributed by atoms with Crippen molar-refractivity contribution in [2.24, 2.45) is 0 Å². The number of nitrogens with zero attached hydrogens (tertiary/aromatic N) is 2. The lowest BCUT2D eigenvalue weighted by Crippen LogP contribution is -2.32. The second-order valence-electron chi connectivity index (χ2n) is 5.57. The summed E-state index contributed by atoms with van der Waals surface area (Å²) in [6, 6.07) is 14.5. The highest BCUT2D eigenvalue weighted by Gasteiger charge is 2.33. The topological polar surface area (TPSA) is 63.4 Å². The molecule has 0 unspecified atom stereocenters. The molecule has 6 heteroatoms. The zero-order chi connectivity index (χ0) is 16.4. The van der Waals surface area contributed by atoms with E-state index < -0.39 is 4.92 Å². The SMILES string of the molecule is O=C(c1ccc(Br)c([N+](=O)[O-])c1)N(Cc1ccccc1)C1CC1. The molecular formula is C17H15BrN2O3. The predicted molar refractivity (Wildman–Crippen MR) is 90.1 cm³/mol. The first-order chi connectivity index (χ1) is 11.1. The summed E-state index contributed by atoms with van der Waals surface area (Å²) in [5.41, 5.74) is 1.31. The summed E-state index contributed by atoms with van der Waals surface area (Å²) < 4.78 is 0.375. The second kappa shape index (κ2) is 6.50. The van der Waals surface area contributed by atoms with E-state index in [1.54, 1.807) is 12.1 Å². The highest BCUT2D eigenvalue weighted by atomic mass is 79.9. The Kier molecular flexibility index (Phi) is 4.43. The van der Waals surface area contributed by atoms with Crippen molar-refractivity contribution in [2.75, 3.05) is 0 Å². The van der Waals surface area contributed by atoms with Crippen molar-refractivity contribution >= 4 is 27.5 Å². The molecule has 2 aromatic rings. The summed E-state index contributed by atoms with van der Waals surface area (Å²) in [5, 5.41) is 11.1. The second-order valence-corrected chi connectivity index (χ2v) is 6.43. The fraction of sp³-hybridized carbons (Fsp3) is 0.235. The summed E-state index contributed by atoms with van der Waals surface area (Å²) in [4.78, 5) is 25.2. The molecular weight excluding hydrogens is 360 g/mol. The number of halogens is 1. The Hall–Kier alpha value is -2.21. The van der Waals surface area contributed by atoms with Gasteiger partial charge >= 0.3 is 0 Å². The third kappa shape index (κ3) is 3.59. The first kappa shape index (κ1) is 15.7. The summed E-state index contributed by atoms with van der Waals surface area (Å²) in [6.07, 6.45) is 1.97. The number of hydrogen-bond acceptors (Lipinski definition) is 3. The Morgan fingerprint density at radius 2 is 1.91 bits per heavy atom. The maximum atomic E-state index is 12.8. The van der Waals surface area contributed by atoms with Gasteiger partial charge in [0.25, 0.3) is 11.6 Å². The summed E-state index contributed by atoms with van der Waals surface area (Å²) >= 11 is 3.15. The first-order valence-electron chi connectivity index (χ1n) is 7.35. The molecule has 1 amide bonds. The van der Waals surface area contributed by atoms with Crippen molar-refractivity contribution in [1.29, 1.82) is 0 Å². The maximum absolute atomic E-state index is 12.8. The lowest BCUT2D eigenvalue weighted by molar-refractivity contribution is -0.385. The van der Waals surface area contributed by atoms with Crippen molar-refractivity contribution in [2.45, 2.75) is 25.4 Å². The minimum atomic E-state index is -0.487. The van der Waals surface area contributed by atoms with Gasteiger partial charge in [0.15, 0.2) is 0 Å². The molecule has 0 aromatic heterocycles. The highest BCUT2D eigenvalue weighted by molar-refractivity contribution is 9.10. The van der Waals surface area contributed by atoms with Crippen LogP contribution in [0.4, 0.5) is 5.69 Å². The zero-order valence-corrected chi connectivity index (χ0v) is 13.9. The average molecular weight is 375 g/mol. The quantitative estimate of drug-likeness (QED) is 0.582. The van der Waals surface area contributed by atoms with E-state index in [0.717, 1.165) is 18.4 Å². The molecule has 1 saturated carbocycles. The molecule has 1 aliphatic rings. The lowest BCUT2D eigenvalue weighted by Gasteiger charge is -2.22. The van der Waals surface area contributed by atoms with Crippen molar-refractivity contribution in [3.05, 3.63) is 74.2 Å². The predicted octanol–water partition coefficient (Wildman–Crippen LogP) is 4.16. The van der Waals surface area contributed by atoms with Gasteiger partial charge in [-0.15, -0.1) is 0 Å². The Labute approximate surface area is 142 Å². The van der Waals surface area contributed by atoms with E-state index in [1.807, 2.05) is 35.2 Å². The number of rotatable bonds is 5. The van der Waals surface area contributed by atoms with E-state index in [0.29, 0.717) is 16.6 Å². The van der Waals surface area contributed by atoms with Crippen LogP contribution in [-0.4, -0.2) is 21.8 Å². The normalized spacial score (nSPS) is 13.6. The molecule has 0 atom stereocenters. The monoisotopic (exact) mass is 374 g/mol. The third-order valence-electron chi connectivity index (χ3n) is 3.83. The Bertz CT molecular complexity index is 745. The third-order valence-corrected chi connectivity index (χ3v) is 4.50. The Morgan fingerprint density at radius 1 is 1.22 bits per heavy atom. The summed E-state index contributed by atoms with van der Waals surface area (Å²) in [5.74, 6) is -0.160. The molecule has 0 heterocycles. The van der Waals surface area contributed by atoms with Crippen LogP contribution in [0.25, 0.3) is 0 Å². The van der Waals surface area contributed by atoms with Crippen molar-refractivity contribution < 1.29 is 9.72 Å². The molecule has 0 aliphatic heterocycles. The number of amides is 1. The van der Waals surface area contributed by atoms with E-state index in [4.69, 9.17) is 0 Å². The van der Waals surface area contributed by atoms with Crippen LogP contribution in [0.15, 0.2) is 53.0 Å². The zero-order valence-electron chi connectivity index (χ0n) is 12.3. The van der Waals surface area contributed by atoms with Gasteiger partial charge in [-0.2, -0.15) is 0 Å². The van der Waals surface area contributed by atoms with Gasteiger partial charge < -0.3 is 4.90 Å². The van der Waals surface area contributed by atoms with Crippen LogP contribution in [0.3, 0.4) is 0 Å². The van der Waals surface area contributed by atoms with Gasteiger partial charge in [-0.3, -0.25) is 14.9 Å². The number of nitro benzene ring substituents is 1. The first-order valence-corrected chi connectivity index (χ1v) is 8.14. The molecule has 1 fully saturated rings. The van der Waals surface area contributed by atoms with Gasteiger partial charge in [-0.1, -0.05) is 30.3 Å². The fourth-order valence-corrected chi connectivity index (χ4v) is 2.88. The molecule has 0 radical (unpaired) electrons. The van der Waals surface area contributed by atoms with Crippen LogP contribution in [0.1, 0.15) is 28.8 Å². The van der Waals surface area contributed by atoms with E-state index >= 15 is 0 Å². The van der Waals surface area contributed by atoms with Crippen molar-refractivity contribution in [3.8, 4) is 0 Å². The minimum absolute atomic E-state index is 0.0914. The minimum Gasteiger partial charge on any atom is -0.331 e. The van der Waals surface area contributed by atoms with Crippen LogP contribution >= 0.6 is 15.9 Å². The summed E-state index contributed by atoms with van der Waals surface area (Å²) in [6.45, 7) is 0.522. The van der Waals surface area contributed by atoms with Crippen LogP contribution in [0, 0.1) is 10.1 Å². The van der Waals surface area contributed by atoms with E-state index in [1.165, 1.54) is 6.07 Å². The van der Waals surface area contributed by atoms with Crippen LogP contribution in [0.2, 0.25) is 0 Å².